The van der Waals surface area contributed by atoms with Crippen LogP contribution in [0.2, 0.25) is 0 Å². The Morgan fingerprint density at radius 3 is 2.55 bits per heavy atom. The van der Waals surface area contributed by atoms with Crippen molar-refractivity contribution in [3.63, 3.8) is 0 Å². The number of amides is 2. The molecule has 1 N–H and O–H groups in total. The van der Waals surface area contributed by atoms with Gasteiger partial charge in [-0.1, -0.05) is 40.0 Å². The van der Waals surface area contributed by atoms with Crippen LogP contribution in [0.5, 0.6) is 0 Å². The normalized spacial score (nSPS) is 38.8. The lowest BCUT2D eigenvalue weighted by atomic mass is 9.76. The van der Waals surface area contributed by atoms with Crippen molar-refractivity contribution in [1.82, 2.24) is 10.2 Å². The van der Waals surface area contributed by atoms with E-state index >= 15 is 0 Å². The van der Waals surface area contributed by atoms with E-state index in [0.29, 0.717) is 11.8 Å². The largest absolute Gasteiger partial charge is 0.343 e. The van der Waals surface area contributed by atoms with Crippen LogP contribution in [0.3, 0.4) is 0 Å². The number of carbonyl (C=O) groups excluding carboxylic acids is 2. The van der Waals surface area contributed by atoms with E-state index in [1.165, 1.54) is 6.42 Å². The molecule has 2 fully saturated rings. The molecule has 0 aromatic rings. The van der Waals surface area contributed by atoms with Crippen LogP contribution in [0.15, 0.2) is 0 Å². The summed E-state index contributed by atoms with van der Waals surface area (Å²) in [4.78, 5) is 26.8. The highest BCUT2D eigenvalue weighted by molar-refractivity contribution is 5.96. The van der Waals surface area contributed by atoms with Crippen molar-refractivity contribution in [2.45, 2.75) is 77.9 Å². The lowest BCUT2D eigenvalue weighted by Crippen LogP contribution is -2.66. The molecule has 0 bridgehead atoms. The first-order valence-electron chi connectivity index (χ1n) is 8.09. The third-order valence-corrected chi connectivity index (χ3v) is 5.26. The minimum absolute atomic E-state index is 0.00785. The van der Waals surface area contributed by atoms with E-state index in [1.807, 2.05) is 18.7 Å². The molecule has 20 heavy (non-hydrogen) atoms. The Hall–Kier alpha value is -1.06. The molecule has 1 aliphatic carbocycles. The molecule has 1 saturated heterocycles. The van der Waals surface area contributed by atoms with Gasteiger partial charge in [-0.3, -0.25) is 9.59 Å². The maximum atomic E-state index is 12.7. The highest BCUT2D eigenvalue weighted by Gasteiger charge is 2.44. The lowest BCUT2D eigenvalue weighted by Gasteiger charge is -2.47. The first-order chi connectivity index (χ1) is 9.47. The Bertz CT molecular complexity index is 383. The van der Waals surface area contributed by atoms with Crippen molar-refractivity contribution in [3.8, 4) is 0 Å². The van der Waals surface area contributed by atoms with Gasteiger partial charge in [0.25, 0.3) is 0 Å². The van der Waals surface area contributed by atoms with Gasteiger partial charge >= 0.3 is 0 Å². The average Bonchev–Trinajstić information content (AvgIpc) is 2.41. The molecular formula is C16H28N2O2. The summed E-state index contributed by atoms with van der Waals surface area (Å²) in [6, 6.07) is -0.409. The van der Waals surface area contributed by atoms with Crippen LogP contribution in [0.4, 0.5) is 0 Å². The topological polar surface area (TPSA) is 49.4 Å². The van der Waals surface area contributed by atoms with Crippen LogP contribution in [0.1, 0.15) is 59.8 Å². The summed E-state index contributed by atoms with van der Waals surface area (Å²) in [5.41, 5.74) is 0. The molecule has 5 atom stereocenters. The minimum atomic E-state index is -0.326. The van der Waals surface area contributed by atoms with Gasteiger partial charge in [0.15, 0.2) is 0 Å². The smallest absolute Gasteiger partial charge is 0.246 e. The second-order valence-electron chi connectivity index (χ2n) is 6.61. The van der Waals surface area contributed by atoms with E-state index in [2.05, 4.69) is 19.2 Å². The van der Waals surface area contributed by atoms with Crippen molar-refractivity contribution in [2.24, 2.45) is 11.8 Å². The Labute approximate surface area is 122 Å². The fourth-order valence-electron chi connectivity index (χ4n) is 3.73. The van der Waals surface area contributed by atoms with Crippen LogP contribution in [0.25, 0.3) is 0 Å². The monoisotopic (exact) mass is 280 g/mol. The summed E-state index contributed by atoms with van der Waals surface area (Å²) in [5, 5.41) is 2.88. The molecule has 0 aromatic heterocycles. The highest BCUT2D eigenvalue weighted by atomic mass is 16.2. The van der Waals surface area contributed by atoms with E-state index in [9.17, 15) is 9.59 Å². The molecule has 114 valence electrons. The molecule has 1 heterocycles. The number of nitrogens with one attached hydrogen (secondary N) is 1. The zero-order chi connectivity index (χ0) is 14.9. The van der Waals surface area contributed by atoms with Crippen LogP contribution >= 0.6 is 0 Å². The second kappa shape index (κ2) is 6.15. The van der Waals surface area contributed by atoms with Gasteiger partial charge in [0.1, 0.15) is 12.1 Å². The molecule has 5 unspecified atom stereocenters. The van der Waals surface area contributed by atoms with Crippen molar-refractivity contribution in [3.05, 3.63) is 0 Å². The first kappa shape index (κ1) is 15.3. The number of carbonyl (C=O) groups is 2. The molecule has 1 aliphatic heterocycles. The standard InChI is InChI=1S/C16H28N2O2/c1-5-7-13-16(20)18(12(4)15(19)17-13)14-9-6-8-10(2)11(14)3/h10-14H,5-9H2,1-4H3,(H,17,19). The maximum absolute atomic E-state index is 12.7. The summed E-state index contributed by atoms with van der Waals surface area (Å²) >= 11 is 0. The van der Waals surface area contributed by atoms with Gasteiger partial charge in [0, 0.05) is 6.04 Å². The van der Waals surface area contributed by atoms with E-state index in [4.69, 9.17) is 0 Å². The summed E-state index contributed by atoms with van der Waals surface area (Å²) in [7, 11) is 0. The molecular weight excluding hydrogens is 252 g/mol. The Morgan fingerprint density at radius 1 is 1.20 bits per heavy atom. The van der Waals surface area contributed by atoms with Crippen molar-refractivity contribution in [1.29, 1.82) is 0 Å². The molecule has 2 aliphatic rings. The Morgan fingerprint density at radius 2 is 1.90 bits per heavy atom. The zero-order valence-electron chi connectivity index (χ0n) is 13.2. The van der Waals surface area contributed by atoms with Gasteiger partial charge in [0.2, 0.25) is 11.8 Å². The van der Waals surface area contributed by atoms with Gasteiger partial charge in [-0.05, 0) is 31.6 Å². The number of rotatable bonds is 3. The summed E-state index contributed by atoms with van der Waals surface area (Å²) in [5.74, 6) is 1.24. The molecule has 0 aromatic carbocycles. The SMILES string of the molecule is CCCC1NC(=O)C(C)N(C2CCCC(C)C2C)C1=O. The third-order valence-electron chi connectivity index (χ3n) is 5.26. The van der Waals surface area contributed by atoms with E-state index < -0.39 is 0 Å². The van der Waals surface area contributed by atoms with E-state index in [1.54, 1.807) is 0 Å². The van der Waals surface area contributed by atoms with Crippen LogP contribution in [-0.2, 0) is 9.59 Å². The highest BCUT2D eigenvalue weighted by Crippen LogP contribution is 2.35. The predicted molar refractivity (Wildman–Crippen MR) is 79.1 cm³/mol. The fraction of sp³-hybridized carbons (Fsp3) is 0.875. The molecule has 0 spiro atoms. The zero-order valence-corrected chi connectivity index (χ0v) is 13.2. The molecule has 0 radical (unpaired) electrons. The Balaban J connectivity index is 2.21. The van der Waals surface area contributed by atoms with Crippen molar-refractivity contribution in [2.75, 3.05) is 0 Å². The number of hydrogen-bond acceptors (Lipinski definition) is 2. The van der Waals surface area contributed by atoms with Crippen LogP contribution in [-0.4, -0.2) is 34.8 Å². The molecule has 4 heteroatoms. The molecule has 2 amide bonds. The minimum Gasteiger partial charge on any atom is -0.343 e. The van der Waals surface area contributed by atoms with Gasteiger partial charge in [-0.25, -0.2) is 0 Å². The molecule has 2 rings (SSSR count). The van der Waals surface area contributed by atoms with Crippen molar-refractivity contribution >= 4 is 11.8 Å². The number of hydrogen-bond donors (Lipinski definition) is 1. The Kier molecular flexibility index (Phi) is 4.71. The second-order valence-corrected chi connectivity index (χ2v) is 6.61. The summed E-state index contributed by atoms with van der Waals surface area (Å²) in [6.07, 6.45) is 5.08. The predicted octanol–water partition coefficient (Wildman–Crippen LogP) is 2.33. The van der Waals surface area contributed by atoms with Gasteiger partial charge in [-0.15, -0.1) is 0 Å². The first-order valence-corrected chi connectivity index (χ1v) is 8.09. The fourth-order valence-corrected chi connectivity index (χ4v) is 3.73. The van der Waals surface area contributed by atoms with E-state index in [0.717, 1.165) is 25.7 Å². The number of piperazine rings is 1. The van der Waals surface area contributed by atoms with Crippen molar-refractivity contribution < 1.29 is 9.59 Å². The maximum Gasteiger partial charge on any atom is 0.246 e. The van der Waals surface area contributed by atoms with Crippen LogP contribution < -0.4 is 5.32 Å². The van der Waals surface area contributed by atoms with Gasteiger partial charge in [0.05, 0.1) is 0 Å². The molecule has 1 saturated carbocycles. The van der Waals surface area contributed by atoms with E-state index in [-0.39, 0.29) is 29.9 Å². The van der Waals surface area contributed by atoms with Crippen LogP contribution in [0, 0.1) is 11.8 Å². The average molecular weight is 280 g/mol. The van der Waals surface area contributed by atoms with Gasteiger partial charge in [-0.2, -0.15) is 0 Å². The third kappa shape index (κ3) is 2.70. The summed E-state index contributed by atoms with van der Waals surface area (Å²) < 4.78 is 0. The lowest BCUT2D eigenvalue weighted by molar-refractivity contribution is -0.154. The molecule has 4 nitrogen and oxygen atoms in total. The van der Waals surface area contributed by atoms with Gasteiger partial charge < -0.3 is 10.2 Å². The quantitative estimate of drug-likeness (QED) is 0.862. The summed E-state index contributed by atoms with van der Waals surface area (Å²) in [6.45, 7) is 8.41. The number of nitrogens with zero attached hydrogens (tertiary/aromatic N) is 1.